The molecular weight excluding hydrogens is 236 g/mol. The van der Waals surface area contributed by atoms with E-state index in [0.29, 0.717) is 6.10 Å². The summed E-state index contributed by atoms with van der Waals surface area (Å²) in [6.45, 7) is 10.2. The maximum Gasteiger partial charge on any atom is 0.0702 e. The van der Waals surface area contributed by atoms with Crippen LogP contribution in [0.2, 0.25) is 0 Å². The second-order valence-electron chi connectivity index (χ2n) is 6.41. The number of nitrogens with zero attached hydrogens (tertiary/aromatic N) is 1. The minimum absolute atomic E-state index is 0.505. The molecule has 0 aromatic heterocycles. The van der Waals surface area contributed by atoms with E-state index in [2.05, 4.69) is 31.1 Å². The van der Waals surface area contributed by atoms with E-state index in [1.807, 2.05) is 0 Å². The third-order valence-electron chi connectivity index (χ3n) is 3.74. The highest BCUT2D eigenvalue weighted by molar-refractivity contribution is 4.68. The van der Waals surface area contributed by atoms with Crippen LogP contribution in [0.4, 0.5) is 0 Å². The zero-order valence-corrected chi connectivity index (χ0v) is 13.3. The summed E-state index contributed by atoms with van der Waals surface area (Å²) in [5, 5.41) is 3.51. The lowest BCUT2D eigenvalue weighted by molar-refractivity contribution is 0.0807. The monoisotopic (exact) mass is 270 g/mol. The molecule has 1 atom stereocenters. The van der Waals surface area contributed by atoms with Gasteiger partial charge in [-0.05, 0) is 58.3 Å². The van der Waals surface area contributed by atoms with Crippen LogP contribution in [0.15, 0.2) is 0 Å². The first kappa shape index (κ1) is 16.9. The fourth-order valence-corrected chi connectivity index (χ4v) is 2.60. The average Bonchev–Trinajstić information content (AvgIpc) is 2.85. The summed E-state index contributed by atoms with van der Waals surface area (Å²) in [6, 6.07) is 0. The molecule has 1 rings (SSSR count). The van der Waals surface area contributed by atoms with Crippen LogP contribution >= 0.6 is 0 Å². The number of nitrogens with one attached hydrogen (secondary N) is 1. The highest BCUT2D eigenvalue weighted by atomic mass is 16.5. The van der Waals surface area contributed by atoms with E-state index in [9.17, 15) is 0 Å². The summed E-state index contributed by atoms with van der Waals surface area (Å²) < 4.78 is 5.66. The molecule has 1 aliphatic rings. The van der Waals surface area contributed by atoms with Gasteiger partial charge < -0.3 is 15.0 Å². The van der Waals surface area contributed by atoms with Crippen LogP contribution < -0.4 is 5.32 Å². The molecule has 114 valence electrons. The Morgan fingerprint density at radius 1 is 1.21 bits per heavy atom. The van der Waals surface area contributed by atoms with Crippen molar-refractivity contribution in [2.24, 2.45) is 5.92 Å². The summed E-state index contributed by atoms with van der Waals surface area (Å²) >= 11 is 0. The van der Waals surface area contributed by atoms with Gasteiger partial charge in [-0.15, -0.1) is 0 Å². The van der Waals surface area contributed by atoms with Crippen LogP contribution in [-0.4, -0.2) is 50.8 Å². The van der Waals surface area contributed by atoms with E-state index in [0.717, 1.165) is 25.6 Å². The lowest BCUT2D eigenvalue weighted by Crippen LogP contribution is -2.29. The van der Waals surface area contributed by atoms with Gasteiger partial charge in [0.25, 0.3) is 0 Å². The molecule has 0 amide bonds. The van der Waals surface area contributed by atoms with E-state index >= 15 is 0 Å². The molecular formula is C16H34N2O. The molecule has 3 heteroatoms. The van der Waals surface area contributed by atoms with E-state index in [4.69, 9.17) is 4.74 Å². The molecule has 0 bridgehead atoms. The first-order valence-electron chi connectivity index (χ1n) is 8.19. The van der Waals surface area contributed by atoms with E-state index in [-0.39, 0.29) is 0 Å². The molecule has 1 unspecified atom stereocenters. The lowest BCUT2D eigenvalue weighted by Gasteiger charge is -2.20. The SMILES string of the molecule is CC(C)CNCCCCCCN(C)CC1CCCO1. The number of likely N-dealkylation sites (N-methyl/N-ethyl adjacent to an activating group) is 1. The lowest BCUT2D eigenvalue weighted by atomic mass is 10.1. The third kappa shape index (κ3) is 9.42. The Bertz CT molecular complexity index is 203. The van der Waals surface area contributed by atoms with Gasteiger partial charge in [0.1, 0.15) is 0 Å². The van der Waals surface area contributed by atoms with E-state index < -0.39 is 0 Å². The molecule has 0 spiro atoms. The topological polar surface area (TPSA) is 24.5 Å². The molecule has 0 aromatic rings. The van der Waals surface area contributed by atoms with Crippen LogP contribution in [0.25, 0.3) is 0 Å². The predicted octanol–water partition coefficient (Wildman–Crippen LogP) is 2.90. The molecule has 3 nitrogen and oxygen atoms in total. The van der Waals surface area contributed by atoms with Crippen LogP contribution in [-0.2, 0) is 4.74 Å². The first-order valence-corrected chi connectivity index (χ1v) is 8.19. The fraction of sp³-hybridized carbons (Fsp3) is 1.00. The Kier molecular flexibility index (Phi) is 9.48. The molecule has 0 radical (unpaired) electrons. The molecule has 1 fully saturated rings. The Balaban J connectivity index is 1.82. The second-order valence-corrected chi connectivity index (χ2v) is 6.41. The summed E-state index contributed by atoms with van der Waals surface area (Å²) in [6.07, 6.45) is 8.38. The zero-order chi connectivity index (χ0) is 13.9. The van der Waals surface area contributed by atoms with Gasteiger partial charge in [-0.3, -0.25) is 0 Å². The normalized spacial score (nSPS) is 19.7. The molecule has 1 aliphatic heterocycles. The van der Waals surface area contributed by atoms with Crippen molar-refractivity contribution in [1.82, 2.24) is 10.2 Å². The van der Waals surface area contributed by atoms with Crippen molar-refractivity contribution in [2.45, 2.75) is 58.5 Å². The minimum Gasteiger partial charge on any atom is -0.377 e. The summed E-state index contributed by atoms with van der Waals surface area (Å²) in [4.78, 5) is 2.44. The van der Waals surface area contributed by atoms with Gasteiger partial charge in [0.05, 0.1) is 6.10 Å². The molecule has 19 heavy (non-hydrogen) atoms. The van der Waals surface area contributed by atoms with Crippen molar-refractivity contribution in [1.29, 1.82) is 0 Å². The molecule has 0 aliphatic carbocycles. The fourth-order valence-electron chi connectivity index (χ4n) is 2.60. The molecule has 1 N–H and O–H groups in total. The van der Waals surface area contributed by atoms with Gasteiger partial charge in [-0.2, -0.15) is 0 Å². The van der Waals surface area contributed by atoms with Crippen LogP contribution in [0.1, 0.15) is 52.4 Å². The largest absolute Gasteiger partial charge is 0.377 e. The van der Waals surface area contributed by atoms with Crippen molar-refractivity contribution in [3.05, 3.63) is 0 Å². The predicted molar refractivity (Wildman–Crippen MR) is 82.6 cm³/mol. The molecule has 1 heterocycles. The average molecular weight is 270 g/mol. The maximum atomic E-state index is 5.66. The third-order valence-corrected chi connectivity index (χ3v) is 3.74. The maximum absolute atomic E-state index is 5.66. The molecule has 1 saturated heterocycles. The van der Waals surface area contributed by atoms with E-state index in [1.165, 1.54) is 51.6 Å². The van der Waals surface area contributed by atoms with Crippen LogP contribution in [0.5, 0.6) is 0 Å². The summed E-state index contributed by atoms with van der Waals surface area (Å²) in [5.41, 5.74) is 0. The zero-order valence-electron chi connectivity index (χ0n) is 13.3. The van der Waals surface area contributed by atoms with Crippen LogP contribution in [0.3, 0.4) is 0 Å². The molecule has 0 aromatic carbocycles. The number of ether oxygens (including phenoxy) is 1. The van der Waals surface area contributed by atoms with Crippen molar-refractivity contribution in [2.75, 3.05) is 39.8 Å². The van der Waals surface area contributed by atoms with Crippen molar-refractivity contribution in [3.8, 4) is 0 Å². The second kappa shape index (κ2) is 10.6. The first-order chi connectivity index (χ1) is 9.18. The standard InChI is InChI=1S/C16H34N2O/c1-15(2)13-17-10-6-4-5-7-11-18(3)14-16-9-8-12-19-16/h15-17H,4-14H2,1-3H3. The number of hydrogen-bond acceptors (Lipinski definition) is 3. The summed E-state index contributed by atoms with van der Waals surface area (Å²) in [7, 11) is 2.23. The van der Waals surface area contributed by atoms with Crippen LogP contribution in [0, 0.1) is 5.92 Å². The van der Waals surface area contributed by atoms with Gasteiger partial charge in [-0.25, -0.2) is 0 Å². The van der Waals surface area contributed by atoms with Gasteiger partial charge in [0, 0.05) is 13.2 Å². The Labute approximate surface area is 120 Å². The number of unbranched alkanes of at least 4 members (excludes halogenated alkanes) is 3. The van der Waals surface area contributed by atoms with E-state index in [1.54, 1.807) is 0 Å². The quantitative estimate of drug-likeness (QED) is 0.584. The highest BCUT2D eigenvalue weighted by Gasteiger charge is 2.16. The van der Waals surface area contributed by atoms with Gasteiger partial charge in [0.2, 0.25) is 0 Å². The van der Waals surface area contributed by atoms with Crippen molar-refractivity contribution in [3.63, 3.8) is 0 Å². The number of hydrogen-bond donors (Lipinski definition) is 1. The Morgan fingerprint density at radius 3 is 2.68 bits per heavy atom. The highest BCUT2D eigenvalue weighted by Crippen LogP contribution is 2.13. The Morgan fingerprint density at radius 2 is 2.00 bits per heavy atom. The minimum atomic E-state index is 0.505. The van der Waals surface area contributed by atoms with Gasteiger partial charge in [-0.1, -0.05) is 26.7 Å². The van der Waals surface area contributed by atoms with Gasteiger partial charge >= 0.3 is 0 Å². The van der Waals surface area contributed by atoms with Crippen molar-refractivity contribution < 1.29 is 4.74 Å². The smallest absolute Gasteiger partial charge is 0.0702 e. The Hall–Kier alpha value is -0.120. The van der Waals surface area contributed by atoms with Crippen molar-refractivity contribution >= 4 is 0 Å². The van der Waals surface area contributed by atoms with Gasteiger partial charge in [0.15, 0.2) is 0 Å². The summed E-state index contributed by atoms with van der Waals surface area (Å²) in [5.74, 6) is 0.770. The number of rotatable bonds is 11. The molecule has 0 saturated carbocycles.